The molecule has 0 unspecified atom stereocenters. The number of nitrogens with one attached hydrogen (secondary N) is 1. The third-order valence-electron chi connectivity index (χ3n) is 4.81. The maximum atomic E-state index is 12.5. The van der Waals surface area contributed by atoms with E-state index in [9.17, 15) is 13.2 Å². The lowest BCUT2D eigenvalue weighted by molar-refractivity contribution is -0.123. The Hall–Kier alpha value is -2.38. The first-order valence-electron chi connectivity index (χ1n) is 9.42. The lowest BCUT2D eigenvalue weighted by Gasteiger charge is -2.15. The van der Waals surface area contributed by atoms with Gasteiger partial charge in [0.05, 0.1) is 4.90 Å². The largest absolute Gasteiger partial charge is 0.484 e. The van der Waals surface area contributed by atoms with Gasteiger partial charge in [-0.15, -0.1) is 0 Å². The summed E-state index contributed by atoms with van der Waals surface area (Å²) in [4.78, 5) is 12.3. The number of hydrogen-bond donors (Lipinski definition) is 1. The third kappa shape index (κ3) is 4.91. The molecule has 2 aromatic rings. The third-order valence-corrected chi connectivity index (χ3v) is 6.72. The van der Waals surface area contributed by atoms with Crippen molar-refractivity contribution in [3.05, 3.63) is 59.2 Å². The van der Waals surface area contributed by atoms with Gasteiger partial charge < -0.3 is 10.1 Å². The molecule has 1 saturated heterocycles. The molecule has 0 bridgehead atoms. The maximum Gasteiger partial charge on any atom is 0.258 e. The van der Waals surface area contributed by atoms with Gasteiger partial charge in [-0.05, 0) is 56.0 Å². The number of hydrogen-bond acceptors (Lipinski definition) is 4. The Balaban J connectivity index is 1.51. The van der Waals surface area contributed by atoms with Crippen LogP contribution in [0.3, 0.4) is 0 Å². The summed E-state index contributed by atoms with van der Waals surface area (Å²) in [6, 6.07) is 12.5. The van der Waals surface area contributed by atoms with Crippen LogP contribution in [0.2, 0.25) is 0 Å². The van der Waals surface area contributed by atoms with Gasteiger partial charge in [-0.2, -0.15) is 4.31 Å². The number of carbonyl (C=O) groups is 1. The summed E-state index contributed by atoms with van der Waals surface area (Å²) in [6.07, 6.45) is 1.82. The van der Waals surface area contributed by atoms with Crippen LogP contribution in [0.4, 0.5) is 0 Å². The first kappa shape index (κ1) is 20.4. The second-order valence-electron chi connectivity index (χ2n) is 7.09. The topological polar surface area (TPSA) is 75.7 Å². The van der Waals surface area contributed by atoms with Gasteiger partial charge in [0.1, 0.15) is 5.75 Å². The molecule has 150 valence electrons. The van der Waals surface area contributed by atoms with Crippen molar-refractivity contribution in [2.75, 3.05) is 19.7 Å². The second-order valence-corrected chi connectivity index (χ2v) is 9.03. The molecule has 2 aromatic carbocycles. The van der Waals surface area contributed by atoms with Gasteiger partial charge in [0.15, 0.2) is 6.61 Å². The van der Waals surface area contributed by atoms with Gasteiger partial charge in [0.25, 0.3) is 5.91 Å². The van der Waals surface area contributed by atoms with E-state index in [1.807, 2.05) is 32.0 Å². The molecule has 0 radical (unpaired) electrons. The molecular weight excluding hydrogens is 376 g/mol. The first-order chi connectivity index (χ1) is 13.4. The lowest BCUT2D eigenvalue weighted by atomic mass is 10.1. The number of rotatable bonds is 7. The fourth-order valence-corrected chi connectivity index (χ4v) is 4.73. The van der Waals surface area contributed by atoms with Crippen molar-refractivity contribution >= 4 is 15.9 Å². The van der Waals surface area contributed by atoms with Crippen molar-refractivity contribution in [2.45, 2.75) is 38.1 Å². The molecule has 1 aliphatic rings. The Morgan fingerprint density at radius 3 is 2.39 bits per heavy atom. The summed E-state index contributed by atoms with van der Waals surface area (Å²) in [5, 5.41) is 2.79. The van der Waals surface area contributed by atoms with E-state index in [2.05, 4.69) is 5.32 Å². The number of nitrogens with zero attached hydrogens (tertiary/aromatic N) is 1. The van der Waals surface area contributed by atoms with Crippen molar-refractivity contribution < 1.29 is 17.9 Å². The van der Waals surface area contributed by atoms with Crippen LogP contribution in [0, 0.1) is 13.8 Å². The van der Waals surface area contributed by atoms with Gasteiger partial charge >= 0.3 is 0 Å². The van der Waals surface area contributed by atoms with Gasteiger partial charge in [-0.3, -0.25) is 4.79 Å². The standard InChI is InChI=1S/C21H26N2O4S/c1-16-5-10-20(17(2)13-16)27-15-21(24)22-14-18-6-8-19(9-7-18)28(25,26)23-11-3-4-12-23/h5-10,13H,3-4,11-12,14-15H2,1-2H3,(H,22,24). The van der Waals surface area contributed by atoms with Crippen molar-refractivity contribution in [3.8, 4) is 5.75 Å². The Labute approximate surface area is 166 Å². The highest BCUT2D eigenvalue weighted by Crippen LogP contribution is 2.21. The van der Waals surface area contributed by atoms with Crippen molar-refractivity contribution in [1.29, 1.82) is 0 Å². The van der Waals surface area contributed by atoms with E-state index in [-0.39, 0.29) is 12.5 Å². The molecule has 1 amide bonds. The average Bonchev–Trinajstić information content (AvgIpc) is 3.22. The minimum absolute atomic E-state index is 0.0642. The predicted octanol–water partition coefficient (Wildman–Crippen LogP) is 2.78. The summed E-state index contributed by atoms with van der Waals surface area (Å²) in [6.45, 7) is 5.37. The molecule has 0 aromatic heterocycles. The number of ether oxygens (including phenoxy) is 1. The molecule has 0 aliphatic carbocycles. The Morgan fingerprint density at radius 1 is 1.07 bits per heavy atom. The highest BCUT2D eigenvalue weighted by Gasteiger charge is 2.26. The SMILES string of the molecule is Cc1ccc(OCC(=O)NCc2ccc(S(=O)(=O)N3CCCC3)cc2)c(C)c1. The van der Waals surface area contributed by atoms with E-state index in [1.165, 1.54) is 4.31 Å². The molecule has 1 N–H and O–H groups in total. The van der Waals surface area contributed by atoms with Crippen LogP contribution in [0.1, 0.15) is 29.5 Å². The summed E-state index contributed by atoms with van der Waals surface area (Å²) < 4.78 is 32.1. The van der Waals surface area contributed by atoms with Gasteiger partial charge in [-0.1, -0.05) is 29.8 Å². The lowest BCUT2D eigenvalue weighted by Crippen LogP contribution is -2.29. The van der Waals surface area contributed by atoms with Crippen LogP contribution < -0.4 is 10.1 Å². The van der Waals surface area contributed by atoms with Crippen LogP contribution in [0.15, 0.2) is 47.4 Å². The highest BCUT2D eigenvalue weighted by molar-refractivity contribution is 7.89. The van der Waals surface area contributed by atoms with Gasteiger partial charge in [0, 0.05) is 19.6 Å². The fourth-order valence-electron chi connectivity index (χ4n) is 3.21. The van der Waals surface area contributed by atoms with Crippen molar-refractivity contribution in [2.24, 2.45) is 0 Å². The zero-order chi connectivity index (χ0) is 20.1. The summed E-state index contributed by atoms with van der Waals surface area (Å²) in [5.74, 6) is 0.464. The number of amides is 1. The molecule has 7 heteroatoms. The van der Waals surface area contributed by atoms with E-state index in [1.54, 1.807) is 24.3 Å². The van der Waals surface area contributed by atoms with E-state index >= 15 is 0 Å². The van der Waals surface area contributed by atoms with Crippen LogP contribution in [0.5, 0.6) is 5.75 Å². The van der Waals surface area contributed by atoms with Gasteiger partial charge in [0.2, 0.25) is 10.0 Å². The monoisotopic (exact) mass is 402 g/mol. The summed E-state index contributed by atoms with van der Waals surface area (Å²) in [7, 11) is -3.41. The molecule has 0 saturated carbocycles. The van der Waals surface area contributed by atoms with Crippen molar-refractivity contribution in [1.82, 2.24) is 9.62 Å². The van der Waals surface area contributed by atoms with Crippen LogP contribution >= 0.6 is 0 Å². The molecular formula is C21H26N2O4S. The summed E-state index contributed by atoms with van der Waals surface area (Å²) >= 11 is 0. The van der Waals surface area contributed by atoms with Crippen LogP contribution in [0.25, 0.3) is 0 Å². The summed E-state index contributed by atoms with van der Waals surface area (Å²) in [5.41, 5.74) is 2.97. The van der Waals surface area contributed by atoms with E-state index < -0.39 is 10.0 Å². The van der Waals surface area contributed by atoms with Crippen LogP contribution in [-0.4, -0.2) is 38.3 Å². The number of sulfonamides is 1. The molecule has 28 heavy (non-hydrogen) atoms. The minimum Gasteiger partial charge on any atom is -0.484 e. The predicted molar refractivity (Wildman–Crippen MR) is 108 cm³/mol. The molecule has 6 nitrogen and oxygen atoms in total. The molecule has 1 aliphatic heterocycles. The smallest absolute Gasteiger partial charge is 0.258 e. The average molecular weight is 403 g/mol. The maximum absolute atomic E-state index is 12.5. The Kier molecular flexibility index (Phi) is 6.36. The van der Waals surface area contributed by atoms with E-state index in [0.717, 1.165) is 29.5 Å². The van der Waals surface area contributed by atoms with Crippen LogP contribution in [-0.2, 0) is 21.4 Å². The number of aryl methyl sites for hydroxylation is 2. The Morgan fingerprint density at radius 2 is 1.75 bits per heavy atom. The molecule has 3 rings (SSSR count). The molecule has 0 atom stereocenters. The van der Waals surface area contributed by atoms with E-state index in [0.29, 0.717) is 30.3 Å². The number of benzene rings is 2. The normalized spacial score (nSPS) is 14.8. The Bertz CT molecular complexity index is 933. The highest BCUT2D eigenvalue weighted by atomic mass is 32.2. The first-order valence-corrected chi connectivity index (χ1v) is 10.9. The fraction of sp³-hybridized carbons (Fsp3) is 0.381. The zero-order valence-electron chi connectivity index (χ0n) is 16.3. The zero-order valence-corrected chi connectivity index (χ0v) is 17.1. The van der Waals surface area contributed by atoms with E-state index in [4.69, 9.17) is 4.74 Å². The second kappa shape index (κ2) is 8.75. The van der Waals surface area contributed by atoms with Crippen molar-refractivity contribution in [3.63, 3.8) is 0 Å². The number of carbonyl (C=O) groups excluding carboxylic acids is 1. The minimum atomic E-state index is -3.41. The quantitative estimate of drug-likeness (QED) is 0.773. The molecule has 1 heterocycles. The van der Waals surface area contributed by atoms with Gasteiger partial charge in [-0.25, -0.2) is 8.42 Å². The molecule has 1 fully saturated rings. The molecule has 0 spiro atoms.